The van der Waals surface area contributed by atoms with Gasteiger partial charge in [-0.05, 0) is 38.2 Å². The van der Waals surface area contributed by atoms with Crippen LogP contribution in [-0.4, -0.2) is 21.2 Å². The minimum atomic E-state index is 0.110. The molecule has 1 aromatic rings. The van der Waals surface area contributed by atoms with E-state index >= 15 is 0 Å². The van der Waals surface area contributed by atoms with E-state index in [1.54, 1.807) is 0 Å². The predicted octanol–water partition coefficient (Wildman–Crippen LogP) is 4.13. The minimum Gasteiger partial charge on any atom is -0.304 e. The molecule has 20 heavy (non-hydrogen) atoms. The number of nitrogens with one attached hydrogen (secondary N) is 1. The summed E-state index contributed by atoms with van der Waals surface area (Å²) in [6.45, 7) is 7.55. The van der Waals surface area contributed by atoms with E-state index in [1.807, 2.05) is 0 Å². The van der Waals surface area contributed by atoms with E-state index in [2.05, 4.69) is 48.1 Å². The van der Waals surface area contributed by atoms with Gasteiger partial charge in [0.05, 0.1) is 5.69 Å². The Morgan fingerprint density at radius 3 is 3.05 bits per heavy atom. The third-order valence-corrected chi connectivity index (χ3v) is 5.21. The molecule has 0 saturated heterocycles. The molecular weight excluding hydrogens is 270 g/mol. The van der Waals surface area contributed by atoms with Crippen LogP contribution in [0.15, 0.2) is 12.3 Å². The van der Waals surface area contributed by atoms with Crippen LogP contribution >= 0.6 is 11.6 Å². The molecule has 0 bridgehead atoms. The quantitative estimate of drug-likeness (QED) is 0.800. The molecule has 1 fully saturated rings. The molecular formula is C16H28ClN3. The van der Waals surface area contributed by atoms with Crippen LogP contribution in [0.5, 0.6) is 0 Å². The third-order valence-electron chi connectivity index (χ3n) is 4.70. The molecule has 114 valence electrons. The second kappa shape index (κ2) is 6.95. The highest BCUT2D eigenvalue weighted by atomic mass is 35.5. The summed E-state index contributed by atoms with van der Waals surface area (Å²) in [5.41, 5.74) is 1.23. The van der Waals surface area contributed by atoms with Crippen molar-refractivity contribution in [2.75, 3.05) is 5.88 Å². The van der Waals surface area contributed by atoms with Crippen LogP contribution in [0.1, 0.15) is 64.6 Å². The maximum absolute atomic E-state index is 6.26. The minimum absolute atomic E-state index is 0.110. The van der Waals surface area contributed by atoms with Crippen LogP contribution < -0.4 is 5.32 Å². The van der Waals surface area contributed by atoms with Crippen molar-refractivity contribution in [3.63, 3.8) is 0 Å². The predicted molar refractivity (Wildman–Crippen MR) is 85.2 cm³/mol. The van der Waals surface area contributed by atoms with Gasteiger partial charge in [0.25, 0.3) is 0 Å². The molecule has 4 heteroatoms. The molecule has 1 N–H and O–H groups in total. The van der Waals surface area contributed by atoms with E-state index in [4.69, 9.17) is 11.6 Å². The Labute approximate surface area is 128 Å². The SMILES string of the molecule is CCC(C)n1ccc(CNC2(CCl)CCCC(C)C2)n1. The van der Waals surface area contributed by atoms with Crippen molar-refractivity contribution in [2.24, 2.45) is 5.92 Å². The van der Waals surface area contributed by atoms with Gasteiger partial charge in [-0.25, -0.2) is 0 Å². The highest BCUT2D eigenvalue weighted by Gasteiger charge is 2.33. The number of hydrogen-bond donors (Lipinski definition) is 1. The molecule has 2 rings (SSSR count). The van der Waals surface area contributed by atoms with E-state index in [0.29, 0.717) is 11.9 Å². The maximum atomic E-state index is 6.26. The molecule has 3 nitrogen and oxygen atoms in total. The zero-order valence-corrected chi connectivity index (χ0v) is 13.8. The molecule has 0 aliphatic heterocycles. The Bertz CT molecular complexity index is 418. The first kappa shape index (κ1) is 15.8. The van der Waals surface area contributed by atoms with E-state index < -0.39 is 0 Å². The summed E-state index contributed by atoms with van der Waals surface area (Å²) in [7, 11) is 0. The van der Waals surface area contributed by atoms with Crippen LogP contribution in [0.2, 0.25) is 0 Å². The Morgan fingerprint density at radius 1 is 1.60 bits per heavy atom. The number of alkyl halides is 1. The molecule has 0 amide bonds. The maximum Gasteiger partial charge on any atom is 0.0762 e. The molecule has 1 aliphatic carbocycles. The Morgan fingerprint density at radius 2 is 2.40 bits per heavy atom. The van der Waals surface area contributed by atoms with Gasteiger partial charge in [-0.1, -0.05) is 26.7 Å². The second-order valence-electron chi connectivity index (χ2n) is 6.51. The number of halogens is 1. The zero-order chi connectivity index (χ0) is 14.6. The Kier molecular flexibility index (Phi) is 5.50. The molecule has 0 aromatic carbocycles. The van der Waals surface area contributed by atoms with Crippen LogP contribution in [-0.2, 0) is 6.54 Å². The largest absolute Gasteiger partial charge is 0.304 e. The molecule has 1 saturated carbocycles. The van der Waals surface area contributed by atoms with Crippen molar-refractivity contribution >= 4 is 11.6 Å². The average Bonchev–Trinajstić information content (AvgIpc) is 2.93. The lowest BCUT2D eigenvalue weighted by Crippen LogP contribution is -2.49. The second-order valence-corrected chi connectivity index (χ2v) is 6.78. The first-order chi connectivity index (χ1) is 9.58. The standard InChI is InChI=1S/C16H28ClN3/c1-4-14(3)20-9-7-15(19-20)11-18-16(12-17)8-5-6-13(2)10-16/h7,9,13-14,18H,4-6,8,10-12H2,1-3H3. The number of nitrogens with zero attached hydrogens (tertiary/aromatic N) is 2. The molecule has 3 atom stereocenters. The summed E-state index contributed by atoms with van der Waals surface area (Å²) in [6.07, 6.45) is 8.18. The fourth-order valence-electron chi connectivity index (χ4n) is 3.17. The van der Waals surface area contributed by atoms with Crippen LogP contribution in [0, 0.1) is 5.92 Å². The van der Waals surface area contributed by atoms with Crippen LogP contribution in [0.3, 0.4) is 0 Å². The fourth-order valence-corrected chi connectivity index (χ4v) is 3.51. The van der Waals surface area contributed by atoms with Gasteiger partial charge in [0.1, 0.15) is 0 Å². The van der Waals surface area contributed by atoms with Crippen LogP contribution in [0.25, 0.3) is 0 Å². The number of hydrogen-bond acceptors (Lipinski definition) is 2. The van der Waals surface area contributed by atoms with Gasteiger partial charge in [0.2, 0.25) is 0 Å². The van der Waals surface area contributed by atoms with E-state index in [9.17, 15) is 0 Å². The van der Waals surface area contributed by atoms with Gasteiger partial charge < -0.3 is 5.32 Å². The first-order valence-electron chi connectivity index (χ1n) is 7.93. The van der Waals surface area contributed by atoms with Gasteiger partial charge >= 0.3 is 0 Å². The normalized spacial score (nSPS) is 28.5. The smallest absolute Gasteiger partial charge is 0.0762 e. The Balaban J connectivity index is 1.94. The summed E-state index contributed by atoms with van der Waals surface area (Å²) < 4.78 is 2.06. The highest BCUT2D eigenvalue weighted by molar-refractivity contribution is 6.18. The van der Waals surface area contributed by atoms with Crippen molar-refractivity contribution in [1.29, 1.82) is 0 Å². The highest BCUT2D eigenvalue weighted by Crippen LogP contribution is 2.33. The van der Waals surface area contributed by atoms with E-state index in [-0.39, 0.29) is 5.54 Å². The first-order valence-corrected chi connectivity index (χ1v) is 8.47. The summed E-state index contributed by atoms with van der Waals surface area (Å²) in [6, 6.07) is 2.59. The van der Waals surface area contributed by atoms with Gasteiger partial charge in [0, 0.05) is 30.2 Å². The molecule has 0 spiro atoms. The average molecular weight is 298 g/mol. The molecule has 1 aliphatic rings. The zero-order valence-electron chi connectivity index (χ0n) is 13.0. The lowest BCUT2D eigenvalue weighted by Gasteiger charge is -2.39. The summed E-state index contributed by atoms with van der Waals surface area (Å²) in [4.78, 5) is 0. The lowest BCUT2D eigenvalue weighted by molar-refractivity contribution is 0.206. The molecule has 1 aromatic heterocycles. The van der Waals surface area contributed by atoms with Crippen LogP contribution in [0.4, 0.5) is 0 Å². The Hall–Kier alpha value is -0.540. The summed E-state index contributed by atoms with van der Waals surface area (Å²) in [5, 5.41) is 8.35. The third kappa shape index (κ3) is 3.76. The van der Waals surface area contributed by atoms with Crippen molar-refractivity contribution < 1.29 is 0 Å². The van der Waals surface area contributed by atoms with E-state index in [1.165, 1.54) is 25.7 Å². The number of aromatic nitrogens is 2. The van der Waals surface area contributed by atoms with Gasteiger partial charge in [0.15, 0.2) is 0 Å². The molecule has 3 unspecified atom stereocenters. The van der Waals surface area contributed by atoms with Gasteiger partial charge in [-0.2, -0.15) is 5.10 Å². The van der Waals surface area contributed by atoms with E-state index in [0.717, 1.165) is 24.6 Å². The summed E-state index contributed by atoms with van der Waals surface area (Å²) >= 11 is 6.26. The van der Waals surface area contributed by atoms with Gasteiger partial charge in [-0.15, -0.1) is 11.6 Å². The summed E-state index contributed by atoms with van der Waals surface area (Å²) in [5.74, 6) is 1.47. The molecule has 0 radical (unpaired) electrons. The topological polar surface area (TPSA) is 29.9 Å². The van der Waals surface area contributed by atoms with Crippen molar-refractivity contribution in [2.45, 2.75) is 71.0 Å². The molecule has 1 heterocycles. The fraction of sp³-hybridized carbons (Fsp3) is 0.812. The number of rotatable bonds is 6. The lowest BCUT2D eigenvalue weighted by atomic mass is 9.77. The van der Waals surface area contributed by atoms with Gasteiger partial charge in [-0.3, -0.25) is 4.68 Å². The van der Waals surface area contributed by atoms with Crippen molar-refractivity contribution in [3.8, 4) is 0 Å². The van der Waals surface area contributed by atoms with Crippen molar-refractivity contribution in [3.05, 3.63) is 18.0 Å². The monoisotopic (exact) mass is 297 g/mol. The van der Waals surface area contributed by atoms with Crippen molar-refractivity contribution in [1.82, 2.24) is 15.1 Å².